The van der Waals surface area contributed by atoms with Crippen LogP contribution in [0.5, 0.6) is 0 Å². The van der Waals surface area contributed by atoms with E-state index < -0.39 is 35.7 Å². The normalized spacial score (nSPS) is 21.7. The van der Waals surface area contributed by atoms with Crippen LogP contribution in [-0.4, -0.2) is 29.3 Å². The standard InChI is InChI=1S/C23H23ClFN3O3/c1-13-3-5-14(6-4-13)20(15-7-8-15)26-19(29)12-28-21(30)23(2,27-22(28)31)17-10-9-16(25)11-18(17)24/h3-6,9-11,15,20H,7-8,12H2,1-2H3,(H,26,29)(H,27,31). The summed E-state index contributed by atoms with van der Waals surface area (Å²) in [4.78, 5) is 39.2. The Bertz CT molecular complexity index is 1050. The lowest BCUT2D eigenvalue weighted by molar-refractivity contribution is -0.135. The number of halogens is 2. The number of benzene rings is 2. The molecule has 0 radical (unpaired) electrons. The summed E-state index contributed by atoms with van der Waals surface area (Å²) < 4.78 is 13.4. The van der Waals surface area contributed by atoms with Crippen molar-refractivity contribution < 1.29 is 18.8 Å². The molecule has 1 saturated carbocycles. The molecule has 4 rings (SSSR count). The van der Waals surface area contributed by atoms with E-state index in [1.807, 2.05) is 31.2 Å². The second kappa shape index (κ2) is 7.96. The Hall–Kier alpha value is -2.93. The van der Waals surface area contributed by atoms with E-state index in [4.69, 9.17) is 11.6 Å². The largest absolute Gasteiger partial charge is 0.347 e. The predicted octanol–water partition coefficient (Wildman–Crippen LogP) is 3.82. The molecule has 6 nitrogen and oxygen atoms in total. The highest BCUT2D eigenvalue weighted by molar-refractivity contribution is 6.32. The van der Waals surface area contributed by atoms with Crippen LogP contribution in [0.25, 0.3) is 0 Å². The van der Waals surface area contributed by atoms with E-state index in [1.165, 1.54) is 19.1 Å². The maximum absolute atomic E-state index is 13.4. The lowest BCUT2D eigenvalue weighted by Gasteiger charge is -2.24. The summed E-state index contributed by atoms with van der Waals surface area (Å²) >= 11 is 6.11. The van der Waals surface area contributed by atoms with Crippen LogP contribution in [-0.2, 0) is 15.1 Å². The molecule has 8 heteroatoms. The maximum Gasteiger partial charge on any atom is 0.325 e. The van der Waals surface area contributed by atoms with Crippen molar-refractivity contribution in [3.63, 3.8) is 0 Å². The monoisotopic (exact) mass is 443 g/mol. The zero-order valence-electron chi connectivity index (χ0n) is 17.2. The molecule has 0 spiro atoms. The van der Waals surface area contributed by atoms with Crippen molar-refractivity contribution in [3.8, 4) is 0 Å². The summed E-state index contributed by atoms with van der Waals surface area (Å²) in [7, 11) is 0. The maximum atomic E-state index is 13.4. The summed E-state index contributed by atoms with van der Waals surface area (Å²) in [5, 5.41) is 5.59. The van der Waals surface area contributed by atoms with Gasteiger partial charge in [0.05, 0.1) is 6.04 Å². The van der Waals surface area contributed by atoms with Gasteiger partial charge in [0.15, 0.2) is 0 Å². The van der Waals surface area contributed by atoms with Crippen LogP contribution in [0.3, 0.4) is 0 Å². The van der Waals surface area contributed by atoms with Gasteiger partial charge in [0.25, 0.3) is 5.91 Å². The van der Waals surface area contributed by atoms with E-state index in [2.05, 4.69) is 10.6 Å². The molecule has 1 saturated heterocycles. The lowest BCUT2D eigenvalue weighted by Crippen LogP contribution is -2.44. The molecule has 2 aromatic carbocycles. The molecule has 2 unspecified atom stereocenters. The summed E-state index contributed by atoms with van der Waals surface area (Å²) in [5.74, 6) is -1.24. The number of hydrogen-bond acceptors (Lipinski definition) is 3. The van der Waals surface area contributed by atoms with Gasteiger partial charge < -0.3 is 10.6 Å². The topological polar surface area (TPSA) is 78.5 Å². The molecule has 31 heavy (non-hydrogen) atoms. The average Bonchev–Trinajstić information content (AvgIpc) is 3.52. The highest BCUT2D eigenvalue weighted by Gasteiger charge is 2.50. The van der Waals surface area contributed by atoms with Crippen molar-refractivity contribution in [2.24, 2.45) is 5.92 Å². The first-order valence-electron chi connectivity index (χ1n) is 10.1. The van der Waals surface area contributed by atoms with Crippen LogP contribution in [0.1, 0.15) is 42.5 Å². The molecule has 2 N–H and O–H groups in total. The Morgan fingerprint density at radius 1 is 1.26 bits per heavy atom. The second-order valence-electron chi connectivity index (χ2n) is 8.36. The molecular formula is C23H23ClFN3O3. The van der Waals surface area contributed by atoms with Gasteiger partial charge in [0.1, 0.15) is 17.9 Å². The second-order valence-corrected chi connectivity index (χ2v) is 8.77. The molecule has 2 fully saturated rings. The van der Waals surface area contributed by atoms with Gasteiger partial charge in [0.2, 0.25) is 5.91 Å². The van der Waals surface area contributed by atoms with Crippen molar-refractivity contribution in [3.05, 3.63) is 70.0 Å². The Labute approximate surface area is 184 Å². The number of nitrogens with zero attached hydrogens (tertiary/aromatic N) is 1. The van der Waals surface area contributed by atoms with E-state index in [0.29, 0.717) is 5.92 Å². The fourth-order valence-corrected chi connectivity index (χ4v) is 4.31. The van der Waals surface area contributed by atoms with E-state index >= 15 is 0 Å². The number of hydrogen-bond donors (Lipinski definition) is 2. The minimum atomic E-state index is -1.48. The zero-order valence-corrected chi connectivity index (χ0v) is 18.0. The van der Waals surface area contributed by atoms with E-state index in [9.17, 15) is 18.8 Å². The van der Waals surface area contributed by atoms with Gasteiger partial charge in [-0.2, -0.15) is 0 Å². The van der Waals surface area contributed by atoms with Gasteiger partial charge in [-0.25, -0.2) is 9.18 Å². The first-order chi connectivity index (χ1) is 14.7. The third-order valence-electron chi connectivity index (χ3n) is 5.89. The number of aryl methyl sites for hydroxylation is 1. The Kier molecular flexibility index (Phi) is 5.47. The molecule has 1 heterocycles. The number of carbonyl (C=O) groups is 3. The average molecular weight is 444 g/mol. The molecule has 4 amide bonds. The third kappa shape index (κ3) is 4.14. The van der Waals surface area contributed by atoms with Gasteiger partial charge in [-0.1, -0.05) is 47.5 Å². The first kappa shape index (κ1) is 21.3. The van der Waals surface area contributed by atoms with Gasteiger partial charge in [-0.3, -0.25) is 14.5 Å². The van der Waals surface area contributed by atoms with Crippen LogP contribution < -0.4 is 10.6 Å². The fraction of sp³-hybridized carbons (Fsp3) is 0.348. The van der Waals surface area contributed by atoms with E-state index in [-0.39, 0.29) is 16.6 Å². The number of urea groups is 1. The van der Waals surface area contributed by atoms with Crippen LogP contribution in [0.4, 0.5) is 9.18 Å². The number of carbonyl (C=O) groups excluding carboxylic acids is 3. The third-order valence-corrected chi connectivity index (χ3v) is 6.21. The number of imide groups is 1. The highest BCUT2D eigenvalue weighted by atomic mass is 35.5. The molecule has 2 aromatic rings. The fourth-order valence-electron chi connectivity index (χ4n) is 3.96. The van der Waals surface area contributed by atoms with Crippen LogP contribution in [0.15, 0.2) is 42.5 Å². The quantitative estimate of drug-likeness (QED) is 0.666. The van der Waals surface area contributed by atoms with E-state index in [0.717, 1.165) is 34.9 Å². The Morgan fingerprint density at radius 2 is 1.94 bits per heavy atom. The van der Waals surface area contributed by atoms with Gasteiger partial charge >= 0.3 is 6.03 Å². The Balaban J connectivity index is 1.49. The number of rotatable bonds is 6. The number of amides is 4. The van der Waals surface area contributed by atoms with Crippen molar-refractivity contribution in [1.82, 2.24) is 15.5 Å². The van der Waals surface area contributed by atoms with Crippen molar-refractivity contribution in [2.45, 2.75) is 38.3 Å². The lowest BCUT2D eigenvalue weighted by atomic mass is 9.92. The van der Waals surface area contributed by atoms with Crippen LogP contribution in [0.2, 0.25) is 5.02 Å². The van der Waals surface area contributed by atoms with Crippen molar-refractivity contribution in [1.29, 1.82) is 0 Å². The van der Waals surface area contributed by atoms with Gasteiger partial charge in [-0.15, -0.1) is 0 Å². The van der Waals surface area contributed by atoms with Crippen LogP contribution >= 0.6 is 11.6 Å². The summed E-state index contributed by atoms with van der Waals surface area (Å²) in [6.07, 6.45) is 2.03. The minimum absolute atomic E-state index is 0.0237. The predicted molar refractivity (Wildman–Crippen MR) is 114 cm³/mol. The van der Waals surface area contributed by atoms with Crippen molar-refractivity contribution in [2.75, 3.05) is 6.54 Å². The summed E-state index contributed by atoms with van der Waals surface area (Å²) in [5.41, 5.74) is 0.922. The summed E-state index contributed by atoms with van der Waals surface area (Å²) in [6.45, 7) is 3.08. The SMILES string of the molecule is Cc1ccc(C(NC(=O)CN2C(=O)NC(C)(c3ccc(F)cc3Cl)C2=O)C2CC2)cc1. The zero-order chi connectivity index (χ0) is 22.3. The Morgan fingerprint density at radius 3 is 2.55 bits per heavy atom. The molecular weight excluding hydrogens is 421 g/mol. The summed E-state index contributed by atoms with van der Waals surface area (Å²) in [6, 6.07) is 10.7. The molecule has 0 bridgehead atoms. The minimum Gasteiger partial charge on any atom is -0.347 e. The molecule has 2 aliphatic rings. The molecule has 2 atom stereocenters. The molecule has 162 valence electrons. The van der Waals surface area contributed by atoms with Crippen molar-refractivity contribution >= 4 is 29.4 Å². The van der Waals surface area contributed by atoms with Gasteiger partial charge in [0, 0.05) is 10.6 Å². The molecule has 0 aromatic heterocycles. The highest BCUT2D eigenvalue weighted by Crippen LogP contribution is 2.41. The smallest absolute Gasteiger partial charge is 0.325 e. The van der Waals surface area contributed by atoms with Crippen LogP contribution in [0, 0.1) is 18.7 Å². The van der Waals surface area contributed by atoms with Gasteiger partial charge in [-0.05, 0) is 50.3 Å². The number of nitrogens with one attached hydrogen (secondary N) is 2. The molecule has 1 aliphatic carbocycles. The first-order valence-corrected chi connectivity index (χ1v) is 10.5. The molecule has 1 aliphatic heterocycles. The van der Waals surface area contributed by atoms with E-state index in [1.54, 1.807) is 0 Å².